The Hall–Kier alpha value is -4.26. The van der Waals surface area contributed by atoms with Gasteiger partial charge in [-0.05, 0) is 42.5 Å². The second kappa shape index (κ2) is 15.6. The van der Waals surface area contributed by atoms with Crippen molar-refractivity contribution in [3.05, 3.63) is 65.7 Å². The van der Waals surface area contributed by atoms with E-state index in [0.29, 0.717) is 31.6 Å². The van der Waals surface area contributed by atoms with Gasteiger partial charge in [-0.3, -0.25) is 24.0 Å². The lowest BCUT2D eigenvalue weighted by Crippen LogP contribution is -2.51. The Morgan fingerprint density at radius 1 is 1.00 bits per heavy atom. The molecule has 13 heteroatoms. The molecule has 2 bridgehead atoms. The molecule has 0 spiro atoms. The fourth-order valence-corrected chi connectivity index (χ4v) is 5.39. The van der Waals surface area contributed by atoms with Crippen LogP contribution >= 0.6 is 0 Å². The molecule has 0 aromatic heterocycles. The number of alkyl halides is 3. The number of fused-ring (bicyclic) bond motifs is 2. The third-order valence-corrected chi connectivity index (χ3v) is 7.79. The van der Waals surface area contributed by atoms with Crippen LogP contribution in [0.3, 0.4) is 0 Å². The van der Waals surface area contributed by atoms with E-state index in [1.54, 1.807) is 23.1 Å². The number of likely N-dealkylation sites (tertiary alicyclic amines) is 1. The minimum Gasteiger partial charge on any atom is -0.491 e. The van der Waals surface area contributed by atoms with Gasteiger partial charge in [-0.1, -0.05) is 42.5 Å². The molecular weight excluding hydrogens is 595 g/mol. The maximum atomic E-state index is 13.9. The summed E-state index contributed by atoms with van der Waals surface area (Å²) < 4.78 is 49.4. The monoisotopic (exact) mass is 631 g/mol. The summed E-state index contributed by atoms with van der Waals surface area (Å²) >= 11 is 0. The molecule has 2 N–H and O–H groups in total. The van der Waals surface area contributed by atoms with Crippen molar-refractivity contribution in [3.63, 3.8) is 0 Å². The average Bonchev–Trinajstić information content (AvgIpc) is 3.44. The summed E-state index contributed by atoms with van der Waals surface area (Å²) in [5.41, 5.74) is 1.69. The molecule has 3 atom stereocenters. The Morgan fingerprint density at radius 3 is 2.49 bits per heavy atom. The summed E-state index contributed by atoms with van der Waals surface area (Å²) in [5.74, 6) is -4.78. The molecule has 0 aliphatic carbocycles. The zero-order chi connectivity index (χ0) is 32.4. The van der Waals surface area contributed by atoms with Crippen LogP contribution < -0.4 is 15.4 Å². The lowest BCUT2D eigenvalue weighted by atomic mass is 9.89. The number of carbonyl (C=O) groups is 5. The summed E-state index contributed by atoms with van der Waals surface area (Å²) in [5, 5.41) is 4.07. The normalized spacial score (nSPS) is 22.0. The molecule has 0 saturated carbocycles. The van der Waals surface area contributed by atoms with E-state index >= 15 is 0 Å². The Bertz CT molecular complexity index is 1370. The summed E-state index contributed by atoms with van der Waals surface area (Å²) in [6, 6.07) is 14.1. The maximum absolute atomic E-state index is 13.9. The molecule has 2 aromatic rings. The van der Waals surface area contributed by atoms with Gasteiger partial charge < -0.3 is 25.0 Å². The Kier molecular flexibility index (Phi) is 11.7. The molecule has 242 valence electrons. The number of ketones is 2. The number of rotatable bonds is 7. The molecule has 2 aliphatic rings. The van der Waals surface area contributed by atoms with Crippen LogP contribution in [0.1, 0.15) is 36.8 Å². The van der Waals surface area contributed by atoms with Crippen molar-refractivity contribution in [2.45, 2.75) is 56.8 Å². The van der Waals surface area contributed by atoms with Crippen LogP contribution in [0.4, 0.5) is 13.2 Å². The summed E-state index contributed by atoms with van der Waals surface area (Å²) in [6.45, 7) is -0.956. The molecule has 4 rings (SSSR count). The number of aryl methyl sites for hydroxylation is 1. The molecule has 2 aromatic carbocycles. The maximum Gasteiger partial charge on any atom is 0.471 e. The van der Waals surface area contributed by atoms with Gasteiger partial charge in [0.25, 0.3) is 0 Å². The third kappa shape index (κ3) is 9.87. The Balaban J connectivity index is 1.61. The SMILES string of the molecule is O=C1N[C@H](C(=O)CNC(=O)C(F)(F)F)COCCOc2cccc(c2)C[C@H](N2CCCC2=O)C(=O)C[C@H]1CCc1ccccc1. The van der Waals surface area contributed by atoms with Crippen molar-refractivity contribution in [2.24, 2.45) is 5.92 Å². The lowest BCUT2D eigenvalue weighted by Gasteiger charge is -2.29. The molecule has 3 amide bonds. The quantitative estimate of drug-likeness (QED) is 0.481. The number of hydrogen-bond acceptors (Lipinski definition) is 7. The third-order valence-electron chi connectivity index (χ3n) is 7.79. The van der Waals surface area contributed by atoms with Gasteiger partial charge in [0.05, 0.1) is 25.8 Å². The number of nitrogens with one attached hydrogen (secondary N) is 2. The molecule has 2 heterocycles. The van der Waals surface area contributed by atoms with Crippen LogP contribution in [0, 0.1) is 5.92 Å². The second-order valence-electron chi connectivity index (χ2n) is 11.1. The summed E-state index contributed by atoms with van der Waals surface area (Å²) in [6.07, 6.45) is -3.64. The average molecular weight is 632 g/mol. The van der Waals surface area contributed by atoms with Crippen LogP contribution in [0.5, 0.6) is 5.75 Å². The molecule has 2 aliphatic heterocycles. The first-order valence-corrected chi connectivity index (χ1v) is 14.8. The molecule has 0 radical (unpaired) electrons. The van der Waals surface area contributed by atoms with Gasteiger partial charge in [-0.15, -0.1) is 0 Å². The molecule has 45 heavy (non-hydrogen) atoms. The van der Waals surface area contributed by atoms with Crippen molar-refractivity contribution in [1.29, 1.82) is 0 Å². The molecule has 1 fully saturated rings. The van der Waals surface area contributed by atoms with Crippen LogP contribution in [-0.2, 0) is 41.6 Å². The van der Waals surface area contributed by atoms with Crippen molar-refractivity contribution in [3.8, 4) is 5.75 Å². The Morgan fingerprint density at radius 2 is 1.78 bits per heavy atom. The van der Waals surface area contributed by atoms with E-state index in [0.717, 1.165) is 11.1 Å². The van der Waals surface area contributed by atoms with E-state index in [2.05, 4.69) is 5.32 Å². The number of nitrogens with zero attached hydrogens (tertiary/aromatic N) is 1. The second-order valence-corrected chi connectivity index (χ2v) is 11.1. The number of benzene rings is 2. The first-order chi connectivity index (χ1) is 21.5. The highest BCUT2D eigenvalue weighted by molar-refractivity contribution is 5.96. The predicted molar refractivity (Wildman–Crippen MR) is 155 cm³/mol. The van der Waals surface area contributed by atoms with Crippen LogP contribution in [0.25, 0.3) is 0 Å². The number of halogens is 3. The summed E-state index contributed by atoms with van der Waals surface area (Å²) in [4.78, 5) is 66.2. The fraction of sp³-hybridized carbons (Fsp3) is 0.469. The molecule has 10 nitrogen and oxygen atoms in total. The first-order valence-electron chi connectivity index (χ1n) is 14.8. The van der Waals surface area contributed by atoms with Gasteiger partial charge in [0.2, 0.25) is 11.8 Å². The van der Waals surface area contributed by atoms with E-state index in [9.17, 15) is 37.1 Å². The largest absolute Gasteiger partial charge is 0.491 e. The lowest BCUT2D eigenvalue weighted by molar-refractivity contribution is -0.173. The van der Waals surface area contributed by atoms with Crippen molar-refractivity contribution in [1.82, 2.24) is 15.5 Å². The predicted octanol–water partition coefficient (Wildman–Crippen LogP) is 2.57. The van der Waals surface area contributed by atoms with Gasteiger partial charge in [0.15, 0.2) is 11.6 Å². The standard InChI is InChI=1S/C32H36F3N3O7/c33-32(34,35)31(43)36-19-28(40)25-20-44-14-15-45-24-9-4-8-22(16-24)17-26(38-13-5-10-29(38)41)27(39)18-23(30(42)37-25)12-11-21-6-2-1-3-7-21/h1-4,6-9,16,23,25-26H,5,10-15,17-20H2,(H,36,43)(H,37,42)/t23-,25+,26+/m1/s1. The number of ether oxygens (including phenoxy) is 2. The number of Topliss-reactive ketones (excluding diaryl/α,β-unsaturated/α-hetero) is 2. The van der Waals surface area contributed by atoms with Gasteiger partial charge in [-0.25, -0.2) is 0 Å². The zero-order valence-corrected chi connectivity index (χ0v) is 24.6. The van der Waals surface area contributed by atoms with Crippen LogP contribution in [-0.4, -0.2) is 85.4 Å². The summed E-state index contributed by atoms with van der Waals surface area (Å²) in [7, 11) is 0. The highest BCUT2D eigenvalue weighted by Crippen LogP contribution is 2.24. The van der Waals surface area contributed by atoms with Gasteiger partial charge in [-0.2, -0.15) is 13.2 Å². The smallest absolute Gasteiger partial charge is 0.471 e. The molecule has 1 saturated heterocycles. The number of hydrogen-bond donors (Lipinski definition) is 2. The zero-order valence-electron chi connectivity index (χ0n) is 24.6. The van der Waals surface area contributed by atoms with Gasteiger partial charge >= 0.3 is 12.1 Å². The van der Waals surface area contributed by atoms with Crippen LogP contribution in [0.2, 0.25) is 0 Å². The van der Waals surface area contributed by atoms with Gasteiger partial charge in [0.1, 0.15) is 18.4 Å². The fourth-order valence-electron chi connectivity index (χ4n) is 5.39. The van der Waals surface area contributed by atoms with Crippen molar-refractivity contribution < 1.29 is 46.6 Å². The van der Waals surface area contributed by atoms with Crippen molar-refractivity contribution >= 4 is 29.3 Å². The van der Waals surface area contributed by atoms with E-state index in [1.807, 2.05) is 36.4 Å². The molecular formula is C32H36F3N3O7. The highest BCUT2D eigenvalue weighted by Gasteiger charge is 2.39. The highest BCUT2D eigenvalue weighted by atomic mass is 19.4. The van der Waals surface area contributed by atoms with Crippen LogP contribution in [0.15, 0.2) is 54.6 Å². The van der Waals surface area contributed by atoms with Crippen molar-refractivity contribution in [2.75, 3.05) is 32.9 Å². The minimum absolute atomic E-state index is 0.0143. The van der Waals surface area contributed by atoms with E-state index in [4.69, 9.17) is 9.47 Å². The first kappa shape index (κ1) is 33.6. The Labute approximate surface area is 258 Å². The number of carbonyl (C=O) groups excluding carboxylic acids is 5. The topological polar surface area (TPSA) is 131 Å². The van der Waals surface area contributed by atoms with E-state index in [1.165, 1.54) is 5.32 Å². The van der Waals surface area contributed by atoms with Gasteiger partial charge in [0, 0.05) is 31.7 Å². The van der Waals surface area contributed by atoms with E-state index in [-0.39, 0.29) is 44.2 Å². The number of amides is 3. The van der Waals surface area contributed by atoms with E-state index < -0.39 is 54.9 Å². The molecule has 0 unspecified atom stereocenters. The minimum atomic E-state index is -5.19.